The van der Waals surface area contributed by atoms with Crippen molar-refractivity contribution >= 4 is 40.8 Å². The highest BCUT2D eigenvalue weighted by Crippen LogP contribution is 2.30. The summed E-state index contributed by atoms with van der Waals surface area (Å²) in [5.41, 5.74) is 1.03. The fraction of sp³-hybridized carbons (Fsp3) is 0.0714. The Hall–Kier alpha value is -1.22. The third-order valence-electron chi connectivity index (χ3n) is 2.56. The first-order chi connectivity index (χ1) is 8.99. The van der Waals surface area contributed by atoms with Gasteiger partial charge in [-0.1, -0.05) is 46.9 Å². The van der Waals surface area contributed by atoms with Crippen LogP contribution in [0, 0.1) is 6.92 Å². The Labute approximate surface area is 125 Å². The average molecular weight is 316 g/mol. The fourth-order valence-corrected chi connectivity index (χ4v) is 2.15. The molecule has 0 aromatic heterocycles. The van der Waals surface area contributed by atoms with Crippen molar-refractivity contribution in [1.29, 1.82) is 0 Å². The zero-order chi connectivity index (χ0) is 14.0. The van der Waals surface area contributed by atoms with Gasteiger partial charge in [-0.15, -0.1) is 0 Å². The van der Waals surface area contributed by atoms with Crippen LogP contribution in [0.1, 0.15) is 15.9 Å². The number of ether oxygens (including phenoxy) is 1. The Morgan fingerprint density at radius 1 is 1.00 bits per heavy atom. The molecule has 0 spiro atoms. The SMILES string of the molecule is Cc1c(Cl)cc(OC(=O)c2ccccc2Cl)cc1Cl. The molecule has 5 heteroatoms. The maximum atomic E-state index is 11.9. The van der Waals surface area contributed by atoms with E-state index < -0.39 is 5.97 Å². The van der Waals surface area contributed by atoms with Crippen molar-refractivity contribution in [2.75, 3.05) is 0 Å². The van der Waals surface area contributed by atoms with Gasteiger partial charge in [0.05, 0.1) is 10.6 Å². The van der Waals surface area contributed by atoms with Crippen LogP contribution < -0.4 is 4.74 Å². The predicted molar refractivity (Wildman–Crippen MR) is 77.6 cm³/mol. The zero-order valence-corrected chi connectivity index (χ0v) is 12.2. The van der Waals surface area contributed by atoms with E-state index in [-0.39, 0.29) is 11.3 Å². The van der Waals surface area contributed by atoms with Crippen LogP contribution in [0.5, 0.6) is 5.75 Å². The lowest BCUT2D eigenvalue weighted by atomic mass is 10.2. The molecule has 0 bridgehead atoms. The van der Waals surface area contributed by atoms with Crippen LogP contribution in [0.2, 0.25) is 15.1 Å². The molecule has 0 amide bonds. The van der Waals surface area contributed by atoms with E-state index in [1.807, 2.05) is 0 Å². The first-order valence-corrected chi connectivity index (χ1v) is 6.55. The van der Waals surface area contributed by atoms with Crippen molar-refractivity contribution in [3.05, 3.63) is 62.6 Å². The van der Waals surface area contributed by atoms with Crippen LogP contribution >= 0.6 is 34.8 Å². The lowest BCUT2D eigenvalue weighted by Gasteiger charge is -2.08. The Bertz CT molecular complexity index is 615. The van der Waals surface area contributed by atoms with Gasteiger partial charge in [-0.25, -0.2) is 4.79 Å². The summed E-state index contributed by atoms with van der Waals surface area (Å²) in [5, 5.41) is 1.21. The lowest BCUT2D eigenvalue weighted by molar-refractivity contribution is 0.0735. The van der Waals surface area contributed by atoms with Gasteiger partial charge in [0.25, 0.3) is 0 Å². The highest BCUT2D eigenvalue weighted by Gasteiger charge is 2.13. The molecule has 0 heterocycles. The first-order valence-electron chi connectivity index (χ1n) is 5.41. The summed E-state index contributed by atoms with van der Waals surface area (Å²) in [5.74, 6) is -0.271. The standard InChI is InChI=1S/C14H9Cl3O2/c1-8-12(16)6-9(7-13(8)17)19-14(18)10-4-2-3-5-11(10)15/h2-7H,1H3. The van der Waals surface area contributed by atoms with Gasteiger partial charge in [-0.3, -0.25) is 0 Å². The monoisotopic (exact) mass is 314 g/mol. The number of carbonyl (C=O) groups is 1. The Kier molecular flexibility index (Phi) is 4.35. The van der Waals surface area contributed by atoms with Crippen molar-refractivity contribution < 1.29 is 9.53 Å². The van der Waals surface area contributed by atoms with Crippen LogP contribution in [-0.4, -0.2) is 5.97 Å². The van der Waals surface area contributed by atoms with Gasteiger partial charge in [0, 0.05) is 10.0 Å². The Balaban J connectivity index is 2.27. The van der Waals surface area contributed by atoms with Gasteiger partial charge in [0.1, 0.15) is 5.75 Å². The minimum Gasteiger partial charge on any atom is -0.423 e. The smallest absolute Gasteiger partial charge is 0.345 e. The van der Waals surface area contributed by atoms with E-state index in [9.17, 15) is 4.79 Å². The molecule has 0 fully saturated rings. The topological polar surface area (TPSA) is 26.3 Å². The van der Waals surface area contributed by atoms with E-state index in [0.29, 0.717) is 15.1 Å². The summed E-state index contributed by atoms with van der Waals surface area (Å²) in [4.78, 5) is 11.9. The third-order valence-corrected chi connectivity index (χ3v) is 3.67. The number of esters is 1. The van der Waals surface area contributed by atoms with Gasteiger partial charge >= 0.3 is 5.97 Å². The van der Waals surface area contributed by atoms with Crippen LogP contribution in [0.3, 0.4) is 0 Å². The molecule has 0 unspecified atom stereocenters. The molecule has 2 aromatic carbocycles. The van der Waals surface area contributed by atoms with Crippen molar-refractivity contribution in [2.24, 2.45) is 0 Å². The van der Waals surface area contributed by atoms with Gasteiger partial charge in [0.2, 0.25) is 0 Å². The molecule has 0 N–H and O–H groups in total. The van der Waals surface area contributed by atoms with Crippen molar-refractivity contribution in [3.8, 4) is 5.75 Å². The molecule has 0 aliphatic rings. The number of halogens is 3. The molecule has 19 heavy (non-hydrogen) atoms. The Morgan fingerprint density at radius 3 is 2.16 bits per heavy atom. The van der Waals surface area contributed by atoms with E-state index in [1.54, 1.807) is 31.2 Å². The lowest BCUT2D eigenvalue weighted by Crippen LogP contribution is -2.09. The molecule has 0 saturated carbocycles. The molecule has 0 aliphatic carbocycles. The maximum absolute atomic E-state index is 11.9. The summed E-state index contributed by atoms with van der Waals surface area (Å²) in [6, 6.07) is 9.72. The largest absolute Gasteiger partial charge is 0.423 e. The van der Waals surface area contributed by atoms with E-state index in [1.165, 1.54) is 12.1 Å². The minimum atomic E-state index is -0.554. The number of hydrogen-bond donors (Lipinski definition) is 0. The molecular formula is C14H9Cl3O2. The van der Waals surface area contributed by atoms with Crippen LogP contribution in [0.25, 0.3) is 0 Å². The van der Waals surface area contributed by atoms with E-state index in [0.717, 1.165) is 5.56 Å². The molecule has 2 nitrogen and oxygen atoms in total. The summed E-state index contributed by atoms with van der Waals surface area (Å²) in [6.07, 6.45) is 0. The molecular weight excluding hydrogens is 307 g/mol. The molecule has 0 saturated heterocycles. The third kappa shape index (κ3) is 3.21. The molecule has 2 aromatic rings. The van der Waals surface area contributed by atoms with Gasteiger partial charge in [-0.05, 0) is 36.8 Å². The van der Waals surface area contributed by atoms with Crippen molar-refractivity contribution in [3.63, 3.8) is 0 Å². The van der Waals surface area contributed by atoms with Crippen molar-refractivity contribution in [1.82, 2.24) is 0 Å². The van der Waals surface area contributed by atoms with E-state index in [4.69, 9.17) is 39.5 Å². The average Bonchev–Trinajstić information content (AvgIpc) is 2.36. The molecule has 0 radical (unpaired) electrons. The van der Waals surface area contributed by atoms with Crippen LogP contribution in [0.4, 0.5) is 0 Å². The summed E-state index contributed by atoms with van der Waals surface area (Å²) >= 11 is 17.9. The highest BCUT2D eigenvalue weighted by molar-refractivity contribution is 6.36. The Morgan fingerprint density at radius 2 is 1.58 bits per heavy atom. The van der Waals surface area contributed by atoms with Crippen LogP contribution in [-0.2, 0) is 0 Å². The van der Waals surface area contributed by atoms with Crippen molar-refractivity contribution in [2.45, 2.75) is 6.92 Å². The predicted octanol–water partition coefficient (Wildman–Crippen LogP) is 5.17. The zero-order valence-electron chi connectivity index (χ0n) is 9.91. The molecule has 98 valence electrons. The first kappa shape index (κ1) is 14.2. The van der Waals surface area contributed by atoms with E-state index >= 15 is 0 Å². The molecule has 0 atom stereocenters. The van der Waals surface area contributed by atoms with Gasteiger partial charge < -0.3 is 4.74 Å². The minimum absolute atomic E-state index is 0.283. The van der Waals surface area contributed by atoms with Crippen LogP contribution in [0.15, 0.2) is 36.4 Å². The number of hydrogen-bond acceptors (Lipinski definition) is 2. The second-order valence-corrected chi connectivity index (χ2v) is 5.10. The van der Waals surface area contributed by atoms with Gasteiger partial charge in [0.15, 0.2) is 0 Å². The second-order valence-electron chi connectivity index (χ2n) is 3.88. The molecule has 0 aliphatic heterocycles. The summed E-state index contributed by atoms with van der Waals surface area (Å²) in [7, 11) is 0. The number of carbonyl (C=O) groups excluding carboxylic acids is 1. The number of benzene rings is 2. The second kappa shape index (κ2) is 5.83. The molecule has 2 rings (SSSR count). The summed E-state index contributed by atoms with van der Waals surface area (Å²) in [6.45, 7) is 1.78. The highest BCUT2D eigenvalue weighted by atomic mass is 35.5. The fourth-order valence-electron chi connectivity index (χ4n) is 1.47. The maximum Gasteiger partial charge on any atom is 0.345 e. The summed E-state index contributed by atoms with van der Waals surface area (Å²) < 4.78 is 5.21. The van der Waals surface area contributed by atoms with Gasteiger partial charge in [-0.2, -0.15) is 0 Å². The number of rotatable bonds is 2. The quantitative estimate of drug-likeness (QED) is 0.564. The van der Waals surface area contributed by atoms with E-state index in [2.05, 4.69) is 0 Å². The normalized spacial score (nSPS) is 10.3.